The Kier molecular flexibility index (Phi) is 3.57. The van der Waals surface area contributed by atoms with Crippen LogP contribution in [0.1, 0.15) is 25.3 Å². The number of nitrogen functional groups attached to an aromatic ring is 1. The predicted octanol–water partition coefficient (Wildman–Crippen LogP) is 2.47. The van der Waals surface area contributed by atoms with Gasteiger partial charge in [0.05, 0.1) is 11.4 Å². The molecule has 17 heavy (non-hydrogen) atoms. The molecule has 1 unspecified atom stereocenters. The predicted molar refractivity (Wildman–Crippen MR) is 74.3 cm³/mol. The normalized spacial score (nSPS) is 17.2. The van der Waals surface area contributed by atoms with Crippen molar-refractivity contribution in [1.29, 1.82) is 0 Å². The molecular formula is C14H23N3. The van der Waals surface area contributed by atoms with Crippen LogP contribution in [0.25, 0.3) is 0 Å². The average molecular weight is 233 g/mol. The smallest absolute Gasteiger partial charge is 0.0604 e. The number of aryl methyl sites for hydroxylation is 1. The molecule has 1 aliphatic rings. The number of benzene rings is 1. The number of anilines is 2. The van der Waals surface area contributed by atoms with Gasteiger partial charge in [-0.1, -0.05) is 12.1 Å². The van der Waals surface area contributed by atoms with E-state index in [1.807, 2.05) is 12.1 Å². The van der Waals surface area contributed by atoms with Gasteiger partial charge in [0.2, 0.25) is 0 Å². The molecule has 2 rings (SSSR count). The average Bonchev–Trinajstić information content (AvgIpc) is 3.11. The summed E-state index contributed by atoms with van der Waals surface area (Å²) in [5, 5.41) is 3.48. The van der Waals surface area contributed by atoms with Crippen LogP contribution in [-0.4, -0.2) is 30.6 Å². The largest absolute Gasteiger partial charge is 0.397 e. The highest BCUT2D eigenvalue weighted by Gasteiger charge is 2.28. The van der Waals surface area contributed by atoms with E-state index in [4.69, 9.17) is 5.73 Å². The molecule has 0 bridgehead atoms. The summed E-state index contributed by atoms with van der Waals surface area (Å²) in [5.41, 5.74) is 9.12. The number of nitrogens with zero attached hydrogens (tertiary/aromatic N) is 1. The van der Waals surface area contributed by atoms with Gasteiger partial charge in [-0.25, -0.2) is 0 Å². The first-order valence-electron chi connectivity index (χ1n) is 6.40. The summed E-state index contributed by atoms with van der Waals surface area (Å²) in [5.74, 6) is 0. The number of para-hydroxylation sites is 1. The Morgan fingerprint density at radius 1 is 1.47 bits per heavy atom. The van der Waals surface area contributed by atoms with Crippen LogP contribution in [0.15, 0.2) is 18.2 Å². The summed E-state index contributed by atoms with van der Waals surface area (Å²) >= 11 is 0. The minimum absolute atomic E-state index is 0.543. The molecule has 0 spiro atoms. The van der Waals surface area contributed by atoms with Gasteiger partial charge in [-0.2, -0.15) is 0 Å². The number of likely N-dealkylation sites (N-methyl/N-ethyl adjacent to an activating group) is 1. The molecule has 94 valence electrons. The van der Waals surface area contributed by atoms with E-state index in [1.165, 1.54) is 18.4 Å². The molecule has 1 aromatic rings. The fourth-order valence-electron chi connectivity index (χ4n) is 2.17. The number of hydrogen-bond donors (Lipinski definition) is 2. The second kappa shape index (κ2) is 4.96. The molecule has 1 saturated carbocycles. The molecule has 0 aromatic heterocycles. The summed E-state index contributed by atoms with van der Waals surface area (Å²) in [6.07, 6.45) is 2.71. The van der Waals surface area contributed by atoms with Gasteiger partial charge in [0.15, 0.2) is 0 Å². The van der Waals surface area contributed by atoms with Crippen LogP contribution >= 0.6 is 0 Å². The number of hydrogen-bond acceptors (Lipinski definition) is 3. The maximum atomic E-state index is 5.98. The minimum atomic E-state index is 0.543. The van der Waals surface area contributed by atoms with Gasteiger partial charge >= 0.3 is 0 Å². The molecular weight excluding hydrogens is 210 g/mol. The van der Waals surface area contributed by atoms with E-state index in [9.17, 15) is 0 Å². The topological polar surface area (TPSA) is 41.3 Å². The highest BCUT2D eigenvalue weighted by Crippen LogP contribution is 2.27. The second-order valence-electron chi connectivity index (χ2n) is 5.17. The van der Waals surface area contributed by atoms with E-state index >= 15 is 0 Å². The van der Waals surface area contributed by atoms with Gasteiger partial charge in [-0.3, -0.25) is 4.90 Å². The van der Waals surface area contributed by atoms with Crippen LogP contribution < -0.4 is 11.1 Å². The lowest BCUT2D eigenvalue weighted by molar-refractivity contribution is 0.257. The lowest BCUT2D eigenvalue weighted by Gasteiger charge is -2.25. The third-order valence-electron chi connectivity index (χ3n) is 3.70. The number of nitrogens with two attached hydrogens (primary N) is 1. The lowest BCUT2D eigenvalue weighted by atomic mass is 10.1. The monoisotopic (exact) mass is 233 g/mol. The molecule has 3 N–H and O–H groups in total. The Morgan fingerprint density at radius 3 is 2.76 bits per heavy atom. The number of nitrogens with one attached hydrogen (secondary N) is 1. The molecule has 3 heteroatoms. The summed E-state index contributed by atoms with van der Waals surface area (Å²) in [7, 11) is 2.21. The zero-order valence-corrected chi connectivity index (χ0v) is 11.0. The maximum Gasteiger partial charge on any atom is 0.0604 e. The first kappa shape index (κ1) is 12.2. The van der Waals surface area contributed by atoms with Crippen molar-refractivity contribution < 1.29 is 0 Å². The third kappa shape index (κ3) is 2.91. The minimum Gasteiger partial charge on any atom is -0.397 e. The van der Waals surface area contributed by atoms with Gasteiger partial charge in [-0.05, 0) is 45.4 Å². The molecule has 1 aromatic carbocycles. The highest BCUT2D eigenvalue weighted by molar-refractivity contribution is 5.69. The molecule has 3 nitrogen and oxygen atoms in total. The zero-order valence-electron chi connectivity index (χ0n) is 11.0. The van der Waals surface area contributed by atoms with Crippen molar-refractivity contribution in [3.63, 3.8) is 0 Å². The molecule has 0 heterocycles. The Labute approximate surface area is 104 Å². The quantitative estimate of drug-likeness (QED) is 0.768. The van der Waals surface area contributed by atoms with Gasteiger partial charge in [0.1, 0.15) is 0 Å². The molecule has 1 atom stereocenters. The fourth-order valence-corrected chi connectivity index (χ4v) is 2.17. The van der Waals surface area contributed by atoms with Crippen LogP contribution in [0.3, 0.4) is 0 Å². The van der Waals surface area contributed by atoms with Crippen molar-refractivity contribution in [2.24, 2.45) is 0 Å². The van der Waals surface area contributed by atoms with E-state index < -0.39 is 0 Å². The van der Waals surface area contributed by atoms with Gasteiger partial charge in [0.25, 0.3) is 0 Å². The molecule has 1 aliphatic carbocycles. The molecule has 0 aliphatic heterocycles. The summed E-state index contributed by atoms with van der Waals surface area (Å²) in [6, 6.07) is 7.39. The van der Waals surface area contributed by atoms with Crippen molar-refractivity contribution >= 4 is 11.4 Å². The molecule has 0 radical (unpaired) electrons. The van der Waals surface area contributed by atoms with Crippen molar-refractivity contribution in [3.8, 4) is 0 Å². The maximum absolute atomic E-state index is 5.98. The van der Waals surface area contributed by atoms with Gasteiger partial charge in [0, 0.05) is 18.6 Å². The first-order valence-corrected chi connectivity index (χ1v) is 6.40. The SMILES string of the molecule is Cc1cccc(N)c1NCC(C)N(C)C1CC1. The second-order valence-corrected chi connectivity index (χ2v) is 5.17. The standard InChI is InChI=1S/C14H23N3/c1-10-5-4-6-13(15)14(10)16-9-11(2)17(3)12-7-8-12/h4-6,11-12,16H,7-9,15H2,1-3H3. The van der Waals surface area contributed by atoms with E-state index in [0.717, 1.165) is 24.0 Å². The Bertz CT molecular complexity index is 365. The van der Waals surface area contributed by atoms with Crippen LogP contribution in [0.2, 0.25) is 0 Å². The van der Waals surface area contributed by atoms with E-state index in [1.54, 1.807) is 0 Å². The fraction of sp³-hybridized carbons (Fsp3) is 0.571. The van der Waals surface area contributed by atoms with Gasteiger partial charge in [-0.15, -0.1) is 0 Å². The summed E-state index contributed by atoms with van der Waals surface area (Å²) in [6.45, 7) is 5.30. The highest BCUT2D eigenvalue weighted by atomic mass is 15.2. The van der Waals surface area contributed by atoms with E-state index in [0.29, 0.717) is 6.04 Å². The Morgan fingerprint density at radius 2 is 2.18 bits per heavy atom. The number of rotatable bonds is 5. The lowest BCUT2D eigenvalue weighted by Crippen LogP contribution is -2.36. The summed E-state index contributed by atoms with van der Waals surface area (Å²) in [4.78, 5) is 2.46. The zero-order chi connectivity index (χ0) is 12.4. The van der Waals surface area contributed by atoms with Crippen LogP contribution in [0.5, 0.6) is 0 Å². The van der Waals surface area contributed by atoms with Gasteiger partial charge < -0.3 is 11.1 Å². The van der Waals surface area contributed by atoms with E-state index in [2.05, 4.69) is 37.2 Å². The van der Waals surface area contributed by atoms with Crippen molar-refractivity contribution in [3.05, 3.63) is 23.8 Å². The van der Waals surface area contributed by atoms with Crippen molar-refractivity contribution in [2.45, 2.75) is 38.8 Å². The van der Waals surface area contributed by atoms with E-state index in [-0.39, 0.29) is 0 Å². The van der Waals surface area contributed by atoms with Crippen molar-refractivity contribution in [2.75, 3.05) is 24.6 Å². The Balaban J connectivity index is 1.92. The summed E-state index contributed by atoms with van der Waals surface area (Å²) < 4.78 is 0. The first-order chi connectivity index (χ1) is 8.09. The molecule has 0 saturated heterocycles. The molecule has 0 amide bonds. The van der Waals surface area contributed by atoms with Crippen LogP contribution in [0.4, 0.5) is 11.4 Å². The van der Waals surface area contributed by atoms with Crippen LogP contribution in [0, 0.1) is 6.92 Å². The Hall–Kier alpha value is -1.22. The van der Waals surface area contributed by atoms with Crippen molar-refractivity contribution in [1.82, 2.24) is 4.90 Å². The third-order valence-corrected chi connectivity index (χ3v) is 3.70. The van der Waals surface area contributed by atoms with Crippen LogP contribution in [-0.2, 0) is 0 Å². The molecule has 1 fully saturated rings.